The van der Waals surface area contributed by atoms with Gasteiger partial charge < -0.3 is 5.32 Å². The number of nitrogens with zero attached hydrogens (tertiary/aromatic N) is 3. The van der Waals surface area contributed by atoms with Gasteiger partial charge in [-0.25, -0.2) is 9.97 Å². The van der Waals surface area contributed by atoms with E-state index in [2.05, 4.69) is 15.3 Å². The van der Waals surface area contributed by atoms with Gasteiger partial charge in [0.05, 0.1) is 4.92 Å². The smallest absolute Gasteiger partial charge is 0.305 e. The van der Waals surface area contributed by atoms with Crippen LogP contribution < -0.4 is 5.32 Å². The highest BCUT2D eigenvalue weighted by Crippen LogP contribution is 2.12. The Morgan fingerprint density at radius 3 is 2.21 bits per heavy atom. The van der Waals surface area contributed by atoms with Crippen LogP contribution in [0.2, 0.25) is 0 Å². The number of hydrogen-bond acceptors (Lipinski definition) is 5. The van der Waals surface area contributed by atoms with Crippen molar-refractivity contribution in [1.82, 2.24) is 9.97 Å². The van der Waals surface area contributed by atoms with Gasteiger partial charge in [0, 0.05) is 5.54 Å². The third-order valence-electron chi connectivity index (χ3n) is 1.34. The van der Waals surface area contributed by atoms with E-state index in [0.29, 0.717) is 5.95 Å². The summed E-state index contributed by atoms with van der Waals surface area (Å²) >= 11 is 0. The van der Waals surface area contributed by atoms with Crippen LogP contribution in [-0.4, -0.2) is 20.4 Å². The molecule has 1 N–H and O–H groups in total. The molecule has 0 fully saturated rings. The quantitative estimate of drug-likeness (QED) is 0.573. The summed E-state index contributed by atoms with van der Waals surface area (Å²) in [7, 11) is 0. The zero-order valence-electron chi connectivity index (χ0n) is 8.31. The maximum absolute atomic E-state index is 10.3. The van der Waals surface area contributed by atoms with Gasteiger partial charge in [-0.1, -0.05) is 0 Å². The Labute approximate surface area is 81.5 Å². The summed E-state index contributed by atoms with van der Waals surface area (Å²) in [4.78, 5) is 17.4. The lowest BCUT2D eigenvalue weighted by molar-refractivity contribution is -0.385. The monoisotopic (exact) mass is 196 g/mol. The molecule has 6 nitrogen and oxygen atoms in total. The van der Waals surface area contributed by atoms with E-state index in [9.17, 15) is 10.1 Å². The van der Waals surface area contributed by atoms with Crippen molar-refractivity contribution in [2.75, 3.05) is 5.32 Å². The van der Waals surface area contributed by atoms with Crippen molar-refractivity contribution in [1.29, 1.82) is 0 Å². The van der Waals surface area contributed by atoms with Crippen LogP contribution >= 0.6 is 0 Å². The van der Waals surface area contributed by atoms with Crippen LogP contribution in [0.3, 0.4) is 0 Å². The predicted molar refractivity (Wildman–Crippen MR) is 52.1 cm³/mol. The lowest BCUT2D eigenvalue weighted by Gasteiger charge is -2.19. The Hall–Kier alpha value is -1.72. The molecule has 76 valence electrons. The highest BCUT2D eigenvalue weighted by molar-refractivity contribution is 5.32. The zero-order chi connectivity index (χ0) is 10.8. The number of nitro groups is 1. The van der Waals surface area contributed by atoms with Gasteiger partial charge in [-0.3, -0.25) is 10.1 Å². The average molecular weight is 196 g/mol. The van der Waals surface area contributed by atoms with E-state index < -0.39 is 4.92 Å². The highest BCUT2D eigenvalue weighted by Gasteiger charge is 2.12. The van der Waals surface area contributed by atoms with E-state index in [1.54, 1.807) is 0 Å². The summed E-state index contributed by atoms with van der Waals surface area (Å²) in [5, 5.41) is 13.3. The number of nitrogens with one attached hydrogen (secondary N) is 1. The molecule has 0 aliphatic carbocycles. The predicted octanol–water partition coefficient (Wildman–Crippen LogP) is 1.60. The molecule has 0 atom stereocenters. The van der Waals surface area contributed by atoms with E-state index in [1.165, 1.54) is 12.4 Å². The van der Waals surface area contributed by atoms with Crippen molar-refractivity contribution < 1.29 is 4.92 Å². The maximum atomic E-state index is 10.3. The van der Waals surface area contributed by atoms with Crippen LogP contribution in [0.15, 0.2) is 12.4 Å². The van der Waals surface area contributed by atoms with Gasteiger partial charge in [-0.2, -0.15) is 0 Å². The summed E-state index contributed by atoms with van der Waals surface area (Å²) in [6.45, 7) is 5.87. The summed E-state index contributed by atoms with van der Waals surface area (Å²) in [6, 6.07) is 0. The fourth-order valence-corrected chi connectivity index (χ4v) is 0.815. The van der Waals surface area contributed by atoms with Crippen LogP contribution in [0.25, 0.3) is 0 Å². The van der Waals surface area contributed by atoms with E-state index in [1.807, 2.05) is 20.8 Å². The lowest BCUT2D eigenvalue weighted by Crippen LogP contribution is -2.27. The van der Waals surface area contributed by atoms with Gasteiger partial charge >= 0.3 is 5.69 Å². The van der Waals surface area contributed by atoms with Gasteiger partial charge in [-0.05, 0) is 20.8 Å². The molecule has 14 heavy (non-hydrogen) atoms. The van der Waals surface area contributed by atoms with Crippen LogP contribution in [-0.2, 0) is 0 Å². The number of aromatic nitrogens is 2. The van der Waals surface area contributed by atoms with Crippen LogP contribution in [0.1, 0.15) is 20.8 Å². The summed E-state index contributed by atoms with van der Waals surface area (Å²) in [5.41, 5.74) is -0.264. The zero-order valence-corrected chi connectivity index (χ0v) is 8.31. The van der Waals surface area contributed by atoms with E-state index in [4.69, 9.17) is 0 Å². The second-order valence-electron chi connectivity index (χ2n) is 3.90. The van der Waals surface area contributed by atoms with Crippen molar-refractivity contribution in [3.63, 3.8) is 0 Å². The Morgan fingerprint density at radius 1 is 1.36 bits per heavy atom. The van der Waals surface area contributed by atoms with Gasteiger partial charge in [0.2, 0.25) is 5.95 Å². The average Bonchev–Trinajstić information content (AvgIpc) is 2.02. The SMILES string of the molecule is CC(C)(C)Nc1ncc([N+](=O)[O-])cn1. The normalized spacial score (nSPS) is 11.1. The van der Waals surface area contributed by atoms with E-state index in [-0.39, 0.29) is 11.2 Å². The van der Waals surface area contributed by atoms with Crippen LogP contribution in [0.5, 0.6) is 0 Å². The Morgan fingerprint density at radius 2 is 1.86 bits per heavy atom. The molecular weight excluding hydrogens is 184 g/mol. The second-order valence-corrected chi connectivity index (χ2v) is 3.90. The molecule has 0 radical (unpaired) electrons. The minimum Gasteiger partial charge on any atom is -0.350 e. The van der Waals surface area contributed by atoms with E-state index >= 15 is 0 Å². The first-order chi connectivity index (χ1) is 6.38. The summed E-state index contributed by atoms with van der Waals surface area (Å²) in [5.74, 6) is 0.392. The first kappa shape index (κ1) is 10.4. The molecule has 6 heteroatoms. The lowest BCUT2D eigenvalue weighted by atomic mass is 10.1. The first-order valence-electron chi connectivity index (χ1n) is 4.13. The molecule has 0 spiro atoms. The molecule has 0 bridgehead atoms. The summed E-state index contributed by atoms with van der Waals surface area (Å²) in [6.07, 6.45) is 2.36. The van der Waals surface area contributed by atoms with Crippen molar-refractivity contribution >= 4 is 11.6 Å². The molecule has 0 saturated heterocycles. The maximum Gasteiger partial charge on any atom is 0.305 e. The van der Waals surface area contributed by atoms with Gasteiger partial charge in [-0.15, -0.1) is 0 Å². The highest BCUT2D eigenvalue weighted by atomic mass is 16.6. The first-order valence-corrected chi connectivity index (χ1v) is 4.13. The van der Waals surface area contributed by atoms with Gasteiger partial charge in [0.25, 0.3) is 0 Å². The Kier molecular flexibility index (Phi) is 2.64. The second kappa shape index (κ2) is 3.57. The van der Waals surface area contributed by atoms with Crippen molar-refractivity contribution in [3.05, 3.63) is 22.5 Å². The van der Waals surface area contributed by atoms with Gasteiger partial charge in [0.15, 0.2) is 0 Å². The fraction of sp³-hybridized carbons (Fsp3) is 0.500. The third-order valence-corrected chi connectivity index (χ3v) is 1.34. The summed E-state index contributed by atoms with van der Waals surface area (Å²) < 4.78 is 0. The topological polar surface area (TPSA) is 81.0 Å². The number of rotatable bonds is 2. The van der Waals surface area contributed by atoms with Crippen LogP contribution in [0.4, 0.5) is 11.6 Å². The van der Waals surface area contributed by atoms with Gasteiger partial charge in [0.1, 0.15) is 12.4 Å². The molecule has 0 amide bonds. The van der Waals surface area contributed by atoms with Crippen molar-refractivity contribution in [2.45, 2.75) is 26.3 Å². The molecule has 0 aromatic carbocycles. The minimum absolute atomic E-state index is 0.107. The van der Waals surface area contributed by atoms with Crippen LogP contribution in [0, 0.1) is 10.1 Å². The molecule has 0 saturated carbocycles. The van der Waals surface area contributed by atoms with Crippen molar-refractivity contribution in [2.24, 2.45) is 0 Å². The van der Waals surface area contributed by atoms with E-state index in [0.717, 1.165) is 0 Å². The molecule has 1 aromatic heterocycles. The molecular formula is C8H12N4O2. The number of anilines is 1. The molecule has 0 aliphatic rings. The third kappa shape index (κ3) is 2.96. The molecule has 1 rings (SSSR count). The minimum atomic E-state index is -0.527. The standard InChI is InChI=1S/C8H12N4O2/c1-8(2,3)11-7-9-4-6(5-10-7)12(13)14/h4-5H,1-3H3,(H,9,10,11). The number of hydrogen-bond donors (Lipinski definition) is 1. The fourth-order valence-electron chi connectivity index (χ4n) is 0.815. The Bertz CT molecular complexity index is 328. The molecule has 1 aromatic rings. The molecule has 1 heterocycles. The largest absolute Gasteiger partial charge is 0.350 e. The van der Waals surface area contributed by atoms with Crippen molar-refractivity contribution in [3.8, 4) is 0 Å². The molecule has 0 unspecified atom stereocenters. The Balaban J connectivity index is 2.79. The molecule has 0 aliphatic heterocycles.